The lowest BCUT2D eigenvalue weighted by molar-refractivity contribution is 0.0512. The standard InChI is InChI=1S/C17H17ClN4O3/c1-4-24-17(23)15-20-14(19-9(2)3)12-13(22-25-16(12)21-15)10-7-5-6-8-11(10)18/h5-9H,4H2,1-3H3,(H,19,20,21). The quantitative estimate of drug-likeness (QED) is 0.689. The Bertz CT molecular complexity index is 923. The highest BCUT2D eigenvalue weighted by atomic mass is 35.5. The number of esters is 1. The van der Waals surface area contributed by atoms with E-state index >= 15 is 0 Å². The number of benzene rings is 1. The zero-order chi connectivity index (χ0) is 18.0. The number of anilines is 1. The van der Waals surface area contributed by atoms with Crippen molar-refractivity contribution < 1.29 is 14.1 Å². The van der Waals surface area contributed by atoms with Crippen molar-refractivity contribution in [2.45, 2.75) is 26.8 Å². The molecular weight excluding hydrogens is 344 g/mol. The fourth-order valence-electron chi connectivity index (χ4n) is 2.36. The predicted molar refractivity (Wildman–Crippen MR) is 94.8 cm³/mol. The molecule has 25 heavy (non-hydrogen) atoms. The van der Waals surface area contributed by atoms with E-state index in [1.165, 1.54) is 0 Å². The van der Waals surface area contributed by atoms with Gasteiger partial charge >= 0.3 is 5.97 Å². The SMILES string of the molecule is CCOC(=O)c1nc(NC(C)C)c2c(-c3ccccc3Cl)noc2n1. The molecule has 0 spiro atoms. The number of halogens is 1. The maximum absolute atomic E-state index is 12.0. The first-order valence-electron chi connectivity index (χ1n) is 7.87. The highest BCUT2D eigenvalue weighted by molar-refractivity contribution is 6.33. The van der Waals surface area contributed by atoms with E-state index in [-0.39, 0.29) is 24.2 Å². The zero-order valence-electron chi connectivity index (χ0n) is 14.0. The predicted octanol–water partition coefficient (Wildman–Crippen LogP) is 3.94. The summed E-state index contributed by atoms with van der Waals surface area (Å²) in [4.78, 5) is 20.4. The van der Waals surface area contributed by atoms with Crippen molar-refractivity contribution in [2.24, 2.45) is 0 Å². The summed E-state index contributed by atoms with van der Waals surface area (Å²) in [6.07, 6.45) is 0. The number of nitrogens with zero attached hydrogens (tertiary/aromatic N) is 3. The maximum atomic E-state index is 12.0. The van der Waals surface area contributed by atoms with Crippen LogP contribution in [0.15, 0.2) is 28.8 Å². The van der Waals surface area contributed by atoms with Crippen LogP contribution in [0.25, 0.3) is 22.4 Å². The first-order chi connectivity index (χ1) is 12.0. The molecule has 3 rings (SSSR count). The Kier molecular flexibility index (Phi) is 4.85. The number of nitrogens with one attached hydrogen (secondary N) is 1. The molecule has 0 radical (unpaired) electrons. The Balaban J connectivity index is 2.22. The molecule has 0 amide bonds. The van der Waals surface area contributed by atoms with Crippen LogP contribution >= 0.6 is 11.6 Å². The molecular formula is C17H17ClN4O3. The van der Waals surface area contributed by atoms with Crippen LogP contribution in [0.2, 0.25) is 5.02 Å². The smallest absolute Gasteiger partial charge is 0.376 e. The average molecular weight is 361 g/mol. The van der Waals surface area contributed by atoms with E-state index in [4.69, 9.17) is 20.9 Å². The number of ether oxygens (including phenoxy) is 1. The normalized spacial score (nSPS) is 11.1. The van der Waals surface area contributed by atoms with Crippen LogP contribution in [-0.2, 0) is 4.74 Å². The fraction of sp³-hybridized carbons (Fsp3) is 0.294. The molecule has 8 heteroatoms. The Labute approximate surface area is 149 Å². The number of rotatable bonds is 5. The maximum Gasteiger partial charge on any atom is 0.376 e. The molecule has 2 heterocycles. The van der Waals surface area contributed by atoms with Gasteiger partial charge in [-0.1, -0.05) is 35.0 Å². The van der Waals surface area contributed by atoms with Crippen molar-refractivity contribution in [1.29, 1.82) is 0 Å². The Morgan fingerprint density at radius 1 is 1.32 bits per heavy atom. The molecule has 3 aromatic rings. The molecule has 0 aliphatic heterocycles. The molecule has 0 saturated heterocycles. The monoisotopic (exact) mass is 360 g/mol. The Morgan fingerprint density at radius 2 is 2.08 bits per heavy atom. The highest BCUT2D eigenvalue weighted by Crippen LogP contribution is 2.35. The third kappa shape index (κ3) is 3.41. The van der Waals surface area contributed by atoms with Gasteiger partial charge in [-0.2, -0.15) is 4.98 Å². The van der Waals surface area contributed by atoms with Gasteiger partial charge in [0.15, 0.2) is 0 Å². The molecule has 7 nitrogen and oxygen atoms in total. The lowest BCUT2D eigenvalue weighted by atomic mass is 10.1. The van der Waals surface area contributed by atoms with E-state index in [1.807, 2.05) is 32.0 Å². The summed E-state index contributed by atoms with van der Waals surface area (Å²) in [5.41, 5.74) is 1.40. The van der Waals surface area contributed by atoms with E-state index in [2.05, 4.69) is 20.4 Å². The van der Waals surface area contributed by atoms with Crippen LogP contribution < -0.4 is 5.32 Å². The highest BCUT2D eigenvalue weighted by Gasteiger charge is 2.23. The van der Waals surface area contributed by atoms with Crippen molar-refractivity contribution in [3.63, 3.8) is 0 Å². The molecule has 1 aromatic carbocycles. The van der Waals surface area contributed by atoms with E-state index in [0.717, 1.165) is 0 Å². The molecule has 0 unspecified atom stereocenters. The number of aromatic nitrogens is 3. The minimum Gasteiger partial charge on any atom is -0.460 e. The van der Waals surface area contributed by atoms with Crippen molar-refractivity contribution in [2.75, 3.05) is 11.9 Å². The number of hydrogen-bond donors (Lipinski definition) is 1. The minimum atomic E-state index is -0.619. The van der Waals surface area contributed by atoms with Crippen LogP contribution in [-0.4, -0.2) is 33.7 Å². The molecule has 0 aliphatic rings. The Morgan fingerprint density at radius 3 is 2.76 bits per heavy atom. The molecule has 0 fully saturated rings. The molecule has 0 aliphatic carbocycles. The van der Waals surface area contributed by atoms with Gasteiger partial charge < -0.3 is 14.6 Å². The van der Waals surface area contributed by atoms with Gasteiger partial charge in [0.05, 0.1) is 11.6 Å². The molecule has 0 bridgehead atoms. The summed E-state index contributed by atoms with van der Waals surface area (Å²) in [5, 5.41) is 8.38. The molecule has 2 aromatic heterocycles. The summed E-state index contributed by atoms with van der Waals surface area (Å²) in [7, 11) is 0. The average Bonchev–Trinajstić information content (AvgIpc) is 2.99. The molecule has 130 valence electrons. The topological polar surface area (TPSA) is 90.1 Å². The third-order valence-corrected chi connectivity index (χ3v) is 3.68. The molecule has 0 atom stereocenters. The van der Waals surface area contributed by atoms with E-state index in [9.17, 15) is 4.79 Å². The number of hydrogen-bond acceptors (Lipinski definition) is 7. The zero-order valence-corrected chi connectivity index (χ0v) is 14.8. The van der Waals surface area contributed by atoms with E-state index in [0.29, 0.717) is 27.5 Å². The van der Waals surface area contributed by atoms with E-state index < -0.39 is 5.97 Å². The van der Waals surface area contributed by atoms with Crippen LogP contribution in [0.4, 0.5) is 5.82 Å². The van der Waals surface area contributed by atoms with Gasteiger partial charge in [0.1, 0.15) is 16.9 Å². The third-order valence-electron chi connectivity index (χ3n) is 3.35. The van der Waals surface area contributed by atoms with Crippen molar-refractivity contribution in [3.8, 4) is 11.3 Å². The van der Waals surface area contributed by atoms with Gasteiger partial charge in [-0.25, -0.2) is 9.78 Å². The van der Waals surface area contributed by atoms with Gasteiger partial charge in [-0.3, -0.25) is 0 Å². The number of fused-ring (bicyclic) bond motifs is 1. The summed E-state index contributed by atoms with van der Waals surface area (Å²) in [5.74, 6) is -0.259. The van der Waals surface area contributed by atoms with Crippen molar-refractivity contribution >= 4 is 34.5 Å². The van der Waals surface area contributed by atoms with E-state index in [1.54, 1.807) is 13.0 Å². The second-order valence-corrected chi connectivity index (χ2v) is 6.01. The van der Waals surface area contributed by atoms with Crippen LogP contribution in [0.1, 0.15) is 31.4 Å². The molecule has 1 N–H and O–H groups in total. The lowest BCUT2D eigenvalue weighted by Crippen LogP contribution is -2.15. The Hall–Kier alpha value is -2.67. The summed E-state index contributed by atoms with van der Waals surface area (Å²) >= 11 is 6.28. The van der Waals surface area contributed by atoms with Crippen molar-refractivity contribution in [3.05, 3.63) is 35.1 Å². The second kappa shape index (κ2) is 7.06. The van der Waals surface area contributed by atoms with Gasteiger partial charge in [0.2, 0.25) is 5.82 Å². The first kappa shape index (κ1) is 17.2. The lowest BCUT2D eigenvalue weighted by Gasteiger charge is -2.11. The largest absolute Gasteiger partial charge is 0.460 e. The van der Waals surface area contributed by atoms with Crippen LogP contribution in [0.5, 0.6) is 0 Å². The minimum absolute atomic E-state index is 0.0714. The summed E-state index contributed by atoms with van der Waals surface area (Å²) in [6.45, 7) is 5.86. The van der Waals surface area contributed by atoms with Gasteiger partial charge in [-0.05, 0) is 26.8 Å². The second-order valence-electron chi connectivity index (χ2n) is 5.61. The first-order valence-corrected chi connectivity index (χ1v) is 8.25. The van der Waals surface area contributed by atoms with Gasteiger partial charge in [0.25, 0.3) is 5.71 Å². The van der Waals surface area contributed by atoms with Crippen molar-refractivity contribution in [1.82, 2.24) is 15.1 Å². The van der Waals surface area contributed by atoms with Crippen LogP contribution in [0.3, 0.4) is 0 Å². The molecule has 0 saturated carbocycles. The number of carbonyl (C=O) groups is 1. The summed E-state index contributed by atoms with van der Waals surface area (Å²) in [6, 6.07) is 7.35. The fourth-order valence-corrected chi connectivity index (χ4v) is 2.58. The summed E-state index contributed by atoms with van der Waals surface area (Å²) < 4.78 is 10.3. The number of carbonyl (C=O) groups excluding carboxylic acids is 1. The van der Waals surface area contributed by atoms with Crippen LogP contribution in [0, 0.1) is 0 Å². The van der Waals surface area contributed by atoms with Gasteiger partial charge in [-0.15, -0.1) is 0 Å². The van der Waals surface area contributed by atoms with Gasteiger partial charge in [0, 0.05) is 11.6 Å².